The minimum absolute atomic E-state index is 0. The highest BCUT2D eigenvalue weighted by atomic mass is 14.7. The quantitative estimate of drug-likeness (QED) is 0.772. The third-order valence-corrected chi connectivity index (χ3v) is 2.30. The molecule has 0 bridgehead atoms. The molecule has 0 aliphatic carbocycles. The van der Waals surface area contributed by atoms with Crippen molar-refractivity contribution in [3.8, 4) is 0 Å². The summed E-state index contributed by atoms with van der Waals surface area (Å²) in [6.45, 7) is 2.72. The lowest BCUT2D eigenvalue weighted by Gasteiger charge is -2.01. The third kappa shape index (κ3) is 3.33. The lowest BCUT2D eigenvalue weighted by Crippen LogP contribution is -1.95. The summed E-state index contributed by atoms with van der Waals surface area (Å²) in [6.07, 6.45) is 0. The van der Waals surface area contributed by atoms with Crippen LogP contribution >= 0.6 is 0 Å². The Morgan fingerprint density at radius 1 is 1.06 bits per heavy atom. The second-order valence-electron chi connectivity index (χ2n) is 3.89. The number of nitrogens with one attached hydrogen (secondary N) is 1. The van der Waals surface area contributed by atoms with Gasteiger partial charge >= 0.3 is 0 Å². The maximum absolute atomic E-state index is 5.58. The standard InChI is InChI=1S/C12H13N.C2H7N.H2/c1-9-2-4-11-5-3-10(8-13)7-12(11)6-9;1-3-2;/h2-7H,8,13H2,1H3;3H,1-2H3;1H. The van der Waals surface area contributed by atoms with Gasteiger partial charge in [-0.15, -0.1) is 0 Å². The Bertz CT molecular complexity index is 455. The van der Waals surface area contributed by atoms with Crippen LogP contribution in [0.15, 0.2) is 36.4 Å². The summed E-state index contributed by atoms with van der Waals surface area (Å²) in [5, 5.41) is 5.31. The van der Waals surface area contributed by atoms with Crippen LogP contribution in [0.2, 0.25) is 0 Å². The van der Waals surface area contributed by atoms with Crippen LogP contribution in [0.3, 0.4) is 0 Å². The van der Waals surface area contributed by atoms with E-state index in [0.717, 1.165) is 0 Å². The maximum atomic E-state index is 5.58. The first kappa shape index (κ1) is 12.7. The molecule has 2 aromatic rings. The molecule has 0 heterocycles. The van der Waals surface area contributed by atoms with Gasteiger partial charge < -0.3 is 11.1 Å². The van der Waals surface area contributed by atoms with Crippen molar-refractivity contribution in [2.24, 2.45) is 5.73 Å². The predicted molar refractivity (Wildman–Crippen MR) is 73.7 cm³/mol. The summed E-state index contributed by atoms with van der Waals surface area (Å²) < 4.78 is 0. The normalized spacial score (nSPS) is 9.75. The second kappa shape index (κ2) is 6.26. The zero-order valence-corrected chi connectivity index (χ0v) is 10.2. The van der Waals surface area contributed by atoms with Gasteiger partial charge in [-0.25, -0.2) is 0 Å². The molecule has 2 aromatic carbocycles. The molecule has 0 atom stereocenters. The van der Waals surface area contributed by atoms with E-state index in [-0.39, 0.29) is 1.43 Å². The molecule has 0 amide bonds. The van der Waals surface area contributed by atoms with Crippen LogP contribution in [0.5, 0.6) is 0 Å². The molecule has 16 heavy (non-hydrogen) atoms. The van der Waals surface area contributed by atoms with Gasteiger partial charge in [-0.3, -0.25) is 0 Å². The highest BCUT2D eigenvalue weighted by Crippen LogP contribution is 2.17. The average Bonchev–Trinajstić information content (AvgIpc) is 2.29. The van der Waals surface area contributed by atoms with Crippen LogP contribution in [-0.4, -0.2) is 14.1 Å². The Hall–Kier alpha value is -1.38. The van der Waals surface area contributed by atoms with E-state index >= 15 is 0 Å². The highest BCUT2D eigenvalue weighted by molar-refractivity contribution is 5.83. The van der Waals surface area contributed by atoms with Crippen molar-refractivity contribution in [1.29, 1.82) is 0 Å². The van der Waals surface area contributed by atoms with Gasteiger partial charge in [-0.1, -0.05) is 35.9 Å². The van der Waals surface area contributed by atoms with Crippen molar-refractivity contribution in [2.75, 3.05) is 14.1 Å². The first-order valence-corrected chi connectivity index (χ1v) is 5.49. The molecule has 0 aliphatic rings. The SMILES string of the molecule is CNC.Cc1ccc2ccc(CN)cc2c1.[HH]. The van der Waals surface area contributed by atoms with E-state index in [1.807, 2.05) is 14.1 Å². The molecule has 88 valence electrons. The van der Waals surface area contributed by atoms with Gasteiger partial charge in [0.15, 0.2) is 0 Å². The molecule has 2 heteroatoms. The number of hydrogen-bond donors (Lipinski definition) is 2. The van der Waals surface area contributed by atoms with E-state index in [2.05, 4.69) is 48.6 Å². The Kier molecular flexibility index (Phi) is 4.96. The van der Waals surface area contributed by atoms with Crippen molar-refractivity contribution < 1.29 is 1.43 Å². The summed E-state index contributed by atoms with van der Waals surface area (Å²) >= 11 is 0. The number of nitrogens with two attached hydrogens (primary N) is 1. The molecule has 2 rings (SSSR count). The molecule has 0 radical (unpaired) electrons. The van der Waals surface area contributed by atoms with Gasteiger partial charge in [-0.2, -0.15) is 0 Å². The number of benzene rings is 2. The van der Waals surface area contributed by atoms with E-state index in [1.165, 1.54) is 21.9 Å². The summed E-state index contributed by atoms with van der Waals surface area (Å²) in [5.41, 5.74) is 8.06. The van der Waals surface area contributed by atoms with Crippen molar-refractivity contribution >= 4 is 10.8 Å². The van der Waals surface area contributed by atoms with Gasteiger partial charge in [0.25, 0.3) is 0 Å². The summed E-state index contributed by atoms with van der Waals surface area (Å²) in [5.74, 6) is 0. The predicted octanol–water partition coefficient (Wildman–Crippen LogP) is 2.69. The van der Waals surface area contributed by atoms with Crippen molar-refractivity contribution in [3.05, 3.63) is 47.5 Å². The largest absolute Gasteiger partial charge is 0.326 e. The van der Waals surface area contributed by atoms with Crippen molar-refractivity contribution in [3.63, 3.8) is 0 Å². The number of aryl methyl sites for hydroxylation is 1. The van der Waals surface area contributed by atoms with Crippen molar-refractivity contribution in [2.45, 2.75) is 13.5 Å². The molecular formula is C14H22N2. The molecule has 0 unspecified atom stereocenters. The van der Waals surface area contributed by atoms with E-state index in [0.29, 0.717) is 6.54 Å². The number of hydrogen-bond acceptors (Lipinski definition) is 2. The summed E-state index contributed by atoms with van der Waals surface area (Å²) in [6, 6.07) is 12.8. The fourth-order valence-corrected chi connectivity index (χ4v) is 1.54. The number of fused-ring (bicyclic) bond motifs is 1. The Labute approximate surface area is 99.0 Å². The molecule has 2 nitrogen and oxygen atoms in total. The van der Waals surface area contributed by atoms with E-state index in [9.17, 15) is 0 Å². The van der Waals surface area contributed by atoms with Gasteiger partial charge in [0.05, 0.1) is 0 Å². The van der Waals surface area contributed by atoms with Crippen LogP contribution in [0.25, 0.3) is 10.8 Å². The first-order valence-electron chi connectivity index (χ1n) is 5.49. The molecule has 0 saturated heterocycles. The summed E-state index contributed by atoms with van der Waals surface area (Å²) in [4.78, 5) is 0. The van der Waals surface area contributed by atoms with E-state index in [4.69, 9.17) is 5.73 Å². The first-order chi connectivity index (χ1) is 7.71. The molecule has 0 saturated carbocycles. The Balaban J connectivity index is 0.000000583. The highest BCUT2D eigenvalue weighted by Gasteiger charge is 1.94. The lowest BCUT2D eigenvalue weighted by molar-refractivity contribution is 1.02. The minimum Gasteiger partial charge on any atom is -0.326 e. The van der Waals surface area contributed by atoms with Gasteiger partial charge in [-0.05, 0) is 43.4 Å². The molecule has 0 spiro atoms. The van der Waals surface area contributed by atoms with Crippen molar-refractivity contribution in [1.82, 2.24) is 5.32 Å². The number of rotatable bonds is 1. The smallest absolute Gasteiger partial charge is 0.0178 e. The van der Waals surface area contributed by atoms with Crippen LogP contribution in [0.4, 0.5) is 0 Å². The fraction of sp³-hybridized carbons (Fsp3) is 0.286. The molecule has 0 aliphatic heterocycles. The van der Waals surface area contributed by atoms with Crippen LogP contribution in [0.1, 0.15) is 12.6 Å². The van der Waals surface area contributed by atoms with Gasteiger partial charge in [0, 0.05) is 7.97 Å². The van der Waals surface area contributed by atoms with Crippen LogP contribution in [-0.2, 0) is 6.54 Å². The Morgan fingerprint density at radius 2 is 1.69 bits per heavy atom. The maximum Gasteiger partial charge on any atom is 0.0178 e. The minimum atomic E-state index is 0. The van der Waals surface area contributed by atoms with Crippen LogP contribution in [0, 0.1) is 6.92 Å². The zero-order chi connectivity index (χ0) is 12.0. The third-order valence-electron chi connectivity index (χ3n) is 2.30. The van der Waals surface area contributed by atoms with E-state index < -0.39 is 0 Å². The average molecular weight is 218 g/mol. The van der Waals surface area contributed by atoms with Gasteiger partial charge in [0.1, 0.15) is 0 Å². The molecule has 0 aromatic heterocycles. The van der Waals surface area contributed by atoms with Crippen LogP contribution < -0.4 is 11.1 Å². The monoisotopic (exact) mass is 218 g/mol. The summed E-state index contributed by atoms with van der Waals surface area (Å²) in [7, 11) is 3.75. The lowest BCUT2D eigenvalue weighted by atomic mass is 10.0. The molecule has 3 N–H and O–H groups in total. The van der Waals surface area contributed by atoms with E-state index in [1.54, 1.807) is 0 Å². The van der Waals surface area contributed by atoms with Gasteiger partial charge in [0.2, 0.25) is 0 Å². The fourth-order valence-electron chi connectivity index (χ4n) is 1.54. The zero-order valence-electron chi connectivity index (χ0n) is 10.2. The second-order valence-corrected chi connectivity index (χ2v) is 3.89. The topological polar surface area (TPSA) is 38.0 Å². The molecule has 0 fully saturated rings. The molecular weight excluding hydrogens is 196 g/mol. The Morgan fingerprint density at radius 3 is 2.31 bits per heavy atom.